The summed E-state index contributed by atoms with van der Waals surface area (Å²) in [5.74, 6) is -1.73. The highest BCUT2D eigenvalue weighted by Gasteiger charge is 2.28. The van der Waals surface area contributed by atoms with Gasteiger partial charge in [0.1, 0.15) is 23.2 Å². The number of aryl methyl sites for hydroxylation is 2. The number of nitrogens with zero attached hydrogens (tertiary/aromatic N) is 5. The molecule has 51 heavy (non-hydrogen) atoms. The van der Waals surface area contributed by atoms with E-state index in [0.717, 1.165) is 22.3 Å². The quantitative estimate of drug-likeness (QED) is 0.144. The Kier molecular flexibility index (Phi) is 9.97. The largest absolute Gasteiger partial charge is 0.497 e. The summed E-state index contributed by atoms with van der Waals surface area (Å²) in [7, 11) is -0.946. The second-order valence-electron chi connectivity index (χ2n) is 11.4. The molecule has 0 fully saturated rings. The highest BCUT2D eigenvalue weighted by molar-refractivity contribution is 9.10. The molecule has 1 atom stereocenters. The van der Waals surface area contributed by atoms with Crippen molar-refractivity contribution in [2.45, 2.75) is 18.9 Å². The van der Waals surface area contributed by atoms with Crippen LogP contribution < -0.4 is 20.3 Å². The minimum atomic E-state index is -3.99. The van der Waals surface area contributed by atoms with Crippen LogP contribution in [-0.4, -0.2) is 56.8 Å². The number of anilines is 1. The number of amides is 1. The molecule has 6 aromatic rings. The highest BCUT2D eigenvalue weighted by Crippen LogP contribution is 2.36. The first-order valence-corrected chi connectivity index (χ1v) is 17.9. The van der Waals surface area contributed by atoms with Crippen molar-refractivity contribution >= 4 is 71.4 Å². The van der Waals surface area contributed by atoms with Crippen LogP contribution >= 0.6 is 27.5 Å². The van der Waals surface area contributed by atoms with Crippen LogP contribution in [0.5, 0.6) is 5.75 Å². The summed E-state index contributed by atoms with van der Waals surface area (Å²) in [6.07, 6.45) is -0.244. The average molecular weight is 803 g/mol. The molecular weight excluding hydrogens is 776 g/mol. The molecule has 0 saturated heterocycles. The van der Waals surface area contributed by atoms with Crippen molar-refractivity contribution in [2.75, 3.05) is 17.6 Å². The van der Waals surface area contributed by atoms with E-state index in [1.165, 1.54) is 43.2 Å². The molecule has 13 nitrogen and oxygen atoms in total. The Morgan fingerprint density at radius 1 is 1.08 bits per heavy atom. The number of hydrogen-bond acceptors (Lipinski definition) is 8. The molecule has 0 spiro atoms. The Hall–Kier alpha value is -5.13. The molecule has 0 aliphatic heterocycles. The van der Waals surface area contributed by atoms with E-state index in [9.17, 15) is 31.9 Å². The fourth-order valence-electron chi connectivity index (χ4n) is 5.70. The number of halogens is 4. The predicted molar refractivity (Wildman–Crippen MR) is 190 cm³/mol. The number of carbonyl (C=O) groups is 1. The third-order valence-electron chi connectivity index (χ3n) is 7.92. The Labute approximate surface area is 302 Å². The van der Waals surface area contributed by atoms with Crippen LogP contribution in [0.15, 0.2) is 76.1 Å². The molecular formula is C33H27BrClF2N7O6S. The van der Waals surface area contributed by atoms with Gasteiger partial charge in [-0.1, -0.05) is 23.7 Å². The number of aromatic nitrogens is 5. The van der Waals surface area contributed by atoms with Gasteiger partial charge in [-0.3, -0.25) is 18.8 Å². The van der Waals surface area contributed by atoms with Crippen molar-refractivity contribution in [2.24, 2.45) is 7.05 Å². The van der Waals surface area contributed by atoms with Gasteiger partial charge in [0, 0.05) is 30.2 Å². The maximum Gasteiger partial charge on any atom is 0.405 e. The van der Waals surface area contributed by atoms with Crippen LogP contribution in [0.1, 0.15) is 23.0 Å². The first-order valence-electron chi connectivity index (χ1n) is 15.0. The first kappa shape index (κ1) is 35.7. The van der Waals surface area contributed by atoms with Gasteiger partial charge in [-0.05, 0) is 75.9 Å². The van der Waals surface area contributed by atoms with Gasteiger partial charge in [-0.15, -0.1) is 0 Å². The van der Waals surface area contributed by atoms with Crippen LogP contribution in [0, 0.1) is 11.6 Å². The van der Waals surface area contributed by atoms with E-state index >= 15 is 0 Å². The molecule has 0 aliphatic carbocycles. The van der Waals surface area contributed by atoms with E-state index in [4.69, 9.17) is 16.3 Å². The summed E-state index contributed by atoms with van der Waals surface area (Å²) in [6, 6.07) is 12.7. The predicted octanol–water partition coefficient (Wildman–Crippen LogP) is 5.91. The van der Waals surface area contributed by atoms with Gasteiger partial charge < -0.3 is 15.2 Å². The minimum absolute atomic E-state index is 0.0300. The molecule has 3 aromatic heterocycles. The lowest BCUT2D eigenvalue weighted by Crippen LogP contribution is -2.35. The number of benzene rings is 3. The van der Waals surface area contributed by atoms with Gasteiger partial charge in [-0.25, -0.2) is 32.0 Å². The second kappa shape index (κ2) is 14.2. The molecule has 0 radical (unpaired) electrons. The summed E-state index contributed by atoms with van der Waals surface area (Å²) in [5, 5.41) is 16.8. The molecule has 0 saturated carbocycles. The molecule has 18 heteroatoms. The summed E-state index contributed by atoms with van der Waals surface area (Å²) in [5.41, 5.74) is 0.410. The lowest BCUT2D eigenvalue weighted by molar-refractivity contribution is 0.189. The van der Waals surface area contributed by atoms with E-state index in [1.807, 2.05) is 0 Å². The Morgan fingerprint density at radius 3 is 2.45 bits per heavy atom. The Morgan fingerprint density at radius 2 is 1.78 bits per heavy atom. The molecule has 3 N–H and O–H groups in total. The van der Waals surface area contributed by atoms with Crippen LogP contribution in [0.2, 0.25) is 5.02 Å². The van der Waals surface area contributed by atoms with Crippen molar-refractivity contribution in [3.63, 3.8) is 0 Å². The van der Waals surface area contributed by atoms with E-state index in [-0.39, 0.29) is 68.4 Å². The Bertz CT molecular complexity index is 2480. The van der Waals surface area contributed by atoms with Gasteiger partial charge in [0.25, 0.3) is 5.56 Å². The molecule has 6 rings (SSSR count). The van der Waals surface area contributed by atoms with Gasteiger partial charge in [0.05, 0.1) is 45.9 Å². The first-order chi connectivity index (χ1) is 24.2. The number of pyridine rings is 1. The summed E-state index contributed by atoms with van der Waals surface area (Å²) in [4.78, 5) is 35.2. The van der Waals surface area contributed by atoms with Crippen LogP contribution in [-0.2, 0) is 29.9 Å². The third-order valence-corrected chi connectivity index (χ3v) is 9.91. The fraction of sp³-hybridized carbons (Fsp3) is 0.182. The number of rotatable bonds is 11. The maximum atomic E-state index is 14.4. The van der Waals surface area contributed by atoms with E-state index in [0.29, 0.717) is 16.3 Å². The third kappa shape index (κ3) is 7.64. The van der Waals surface area contributed by atoms with Gasteiger partial charge in [0.15, 0.2) is 11.5 Å². The monoisotopic (exact) mass is 801 g/mol. The van der Waals surface area contributed by atoms with Crippen molar-refractivity contribution in [3.8, 4) is 11.4 Å². The molecule has 264 valence electrons. The second-order valence-corrected chi connectivity index (χ2v) is 14.6. The van der Waals surface area contributed by atoms with E-state index in [1.54, 1.807) is 24.3 Å². The standard InChI is InChI=1S/C33H27BrClF2N7O6S/c1-43-28-26(8-7-24(35)27(28)30(41-43)42-51(48,49)10-9-17-3-5-22(50-2)6-4-17)44-31(40-29-23(32(44)45)14-19(34)16-38-29)25(39-33(46)47)13-18-11-20(36)15-21(37)12-18/h3-8,11-12,14-16,25,39H,9-10,13H2,1-2H3,(H,41,42)(H,46,47). The fourth-order valence-corrected chi connectivity index (χ4v) is 7.32. The number of nitrogens with one attached hydrogen (secondary N) is 2. The number of carboxylic acid groups (broad SMARTS) is 1. The van der Waals surface area contributed by atoms with Gasteiger partial charge in [-0.2, -0.15) is 5.10 Å². The number of methoxy groups -OCH3 is 1. The van der Waals surface area contributed by atoms with Gasteiger partial charge >= 0.3 is 6.09 Å². The average Bonchev–Trinajstić information content (AvgIpc) is 3.39. The topological polar surface area (TPSA) is 170 Å². The van der Waals surface area contributed by atoms with E-state index in [2.05, 4.69) is 41.0 Å². The lowest BCUT2D eigenvalue weighted by Gasteiger charge is -2.22. The number of sulfonamides is 1. The van der Waals surface area contributed by atoms with Crippen molar-refractivity contribution < 1.29 is 31.8 Å². The summed E-state index contributed by atoms with van der Waals surface area (Å²) >= 11 is 9.96. The molecule has 1 unspecified atom stereocenters. The van der Waals surface area contributed by atoms with Crippen molar-refractivity contribution in [1.29, 1.82) is 0 Å². The molecule has 0 aliphatic rings. The zero-order valence-corrected chi connectivity index (χ0v) is 29.9. The SMILES string of the molecule is COc1ccc(CCS(=O)(=O)Nc2nn(C)c3c(-n4c(C(Cc5cc(F)cc(F)c5)NC(=O)O)nc5ncc(Br)cc5c4=O)ccc(Cl)c23)cc1. The number of fused-ring (bicyclic) bond motifs is 2. The number of hydrogen-bond donors (Lipinski definition) is 3. The molecule has 0 bridgehead atoms. The normalized spacial score (nSPS) is 12.3. The van der Waals surface area contributed by atoms with E-state index < -0.39 is 39.4 Å². The Balaban J connectivity index is 1.50. The lowest BCUT2D eigenvalue weighted by atomic mass is 10.0. The number of ether oxygens (including phenoxy) is 1. The zero-order chi connectivity index (χ0) is 36.6. The smallest absolute Gasteiger partial charge is 0.405 e. The van der Waals surface area contributed by atoms with Gasteiger partial charge in [0.2, 0.25) is 10.0 Å². The maximum absolute atomic E-state index is 14.4. The highest BCUT2D eigenvalue weighted by atomic mass is 79.9. The molecule has 3 aromatic carbocycles. The van der Waals surface area contributed by atoms with Crippen LogP contribution in [0.3, 0.4) is 0 Å². The van der Waals surface area contributed by atoms with Crippen LogP contribution in [0.4, 0.5) is 19.4 Å². The summed E-state index contributed by atoms with van der Waals surface area (Å²) in [6.45, 7) is 0. The molecule has 3 heterocycles. The summed E-state index contributed by atoms with van der Waals surface area (Å²) < 4.78 is 65.5. The zero-order valence-electron chi connectivity index (χ0n) is 26.7. The van der Waals surface area contributed by atoms with Crippen molar-refractivity contribution in [1.82, 2.24) is 29.6 Å². The minimum Gasteiger partial charge on any atom is -0.497 e. The van der Waals surface area contributed by atoms with Crippen molar-refractivity contribution in [3.05, 3.63) is 115 Å². The molecule has 1 amide bonds. The van der Waals surface area contributed by atoms with Crippen LogP contribution in [0.25, 0.3) is 27.6 Å².